The molecular formula is C11H15ClN4O3S. The van der Waals surface area contributed by atoms with Crippen LogP contribution in [0.3, 0.4) is 0 Å². The number of fused-ring (bicyclic) bond motifs is 2. The Morgan fingerprint density at radius 3 is 2.60 bits per heavy atom. The van der Waals surface area contributed by atoms with Crippen molar-refractivity contribution >= 4 is 27.4 Å². The first-order chi connectivity index (χ1) is 9.50. The molecule has 1 aromatic rings. The van der Waals surface area contributed by atoms with Crippen molar-refractivity contribution in [3.05, 3.63) is 17.3 Å². The number of nitrogens with two attached hydrogens (primary N) is 1. The van der Waals surface area contributed by atoms with E-state index in [0.29, 0.717) is 13.1 Å². The number of hydrogen-bond acceptors (Lipinski definition) is 6. The highest BCUT2D eigenvalue weighted by Crippen LogP contribution is 2.31. The normalized spacial score (nSPS) is 26.7. The molecule has 2 aliphatic rings. The van der Waals surface area contributed by atoms with Crippen molar-refractivity contribution in [3.8, 4) is 0 Å². The molecule has 20 heavy (non-hydrogen) atoms. The van der Waals surface area contributed by atoms with E-state index in [1.54, 1.807) is 0 Å². The molecule has 0 aromatic carbocycles. The molecule has 0 aliphatic carbocycles. The van der Waals surface area contributed by atoms with Gasteiger partial charge in [-0.25, -0.2) is 19.2 Å². The lowest BCUT2D eigenvalue weighted by atomic mass is 10.2. The molecule has 2 fully saturated rings. The number of sulfonamides is 1. The van der Waals surface area contributed by atoms with Crippen molar-refractivity contribution in [1.82, 2.24) is 9.29 Å². The zero-order chi connectivity index (χ0) is 14.3. The van der Waals surface area contributed by atoms with Crippen LogP contribution < -0.4 is 11.3 Å². The van der Waals surface area contributed by atoms with Crippen molar-refractivity contribution < 1.29 is 13.2 Å². The number of nitrogens with zero attached hydrogens (tertiary/aromatic N) is 2. The molecular weight excluding hydrogens is 304 g/mol. The summed E-state index contributed by atoms with van der Waals surface area (Å²) in [5, 5.41) is 0.171. The van der Waals surface area contributed by atoms with Crippen molar-refractivity contribution in [2.24, 2.45) is 5.84 Å². The molecule has 0 radical (unpaired) electrons. The van der Waals surface area contributed by atoms with E-state index in [-0.39, 0.29) is 27.9 Å². The second-order valence-corrected chi connectivity index (χ2v) is 7.27. The van der Waals surface area contributed by atoms with Crippen molar-refractivity contribution in [2.75, 3.05) is 18.5 Å². The fraction of sp³-hybridized carbons (Fsp3) is 0.545. The number of halogens is 1. The zero-order valence-corrected chi connectivity index (χ0v) is 12.2. The monoisotopic (exact) mass is 318 g/mol. The summed E-state index contributed by atoms with van der Waals surface area (Å²) in [6.45, 7) is 0.765. The number of morpholine rings is 1. The van der Waals surface area contributed by atoms with E-state index in [1.807, 2.05) is 0 Å². The van der Waals surface area contributed by atoms with E-state index >= 15 is 0 Å². The number of nitrogen functional groups attached to an aromatic ring is 1. The molecule has 3 heterocycles. The van der Waals surface area contributed by atoms with Gasteiger partial charge in [0.05, 0.1) is 17.2 Å². The van der Waals surface area contributed by atoms with Crippen LogP contribution in [0, 0.1) is 0 Å². The molecule has 110 valence electrons. The van der Waals surface area contributed by atoms with Crippen molar-refractivity contribution in [2.45, 2.75) is 29.9 Å². The summed E-state index contributed by atoms with van der Waals surface area (Å²) in [6, 6.07) is 1.36. The highest BCUT2D eigenvalue weighted by Gasteiger charge is 2.39. The van der Waals surface area contributed by atoms with Crippen molar-refractivity contribution in [3.63, 3.8) is 0 Å². The number of hydrogen-bond donors (Lipinski definition) is 2. The Morgan fingerprint density at radius 2 is 2.05 bits per heavy atom. The van der Waals surface area contributed by atoms with E-state index in [1.165, 1.54) is 16.6 Å². The number of ether oxygens (including phenoxy) is 1. The lowest BCUT2D eigenvalue weighted by Crippen LogP contribution is -2.45. The minimum Gasteiger partial charge on any atom is -0.372 e. The maximum atomic E-state index is 12.6. The summed E-state index contributed by atoms with van der Waals surface area (Å²) >= 11 is 5.93. The predicted molar refractivity (Wildman–Crippen MR) is 73.7 cm³/mol. The molecule has 1 aromatic heterocycles. The number of hydrazine groups is 1. The fourth-order valence-corrected chi connectivity index (χ4v) is 4.35. The van der Waals surface area contributed by atoms with Crippen LogP contribution in [0.15, 0.2) is 17.2 Å². The Balaban J connectivity index is 1.90. The van der Waals surface area contributed by atoms with Crippen LogP contribution in [0.4, 0.5) is 5.82 Å². The highest BCUT2D eigenvalue weighted by molar-refractivity contribution is 7.89. The Labute approximate surface area is 122 Å². The molecule has 3 N–H and O–H groups in total. The van der Waals surface area contributed by atoms with Crippen LogP contribution in [0.5, 0.6) is 0 Å². The molecule has 0 spiro atoms. The third-order valence-electron chi connectivity index (χ3n) is 3.60. The molecule has 2 bridgehead atoms. The van der Waals surface area contributed by atoms with Gasteiger partial charge in [0.1, 0.15) is 4.90 Å². The largest absolute Gasteiger partial charge is 0.372 e. The minimum atomic E-state index is -3.60. The van der Waals surface area contributed by atoms with Crippen LogP contribution in [0.25, 0.3) is 0 Å². The van der Waals surface area contributed by atoms with E-state index in [2.05, 4.69) is 10.4 Å². The van der Waals surface area contributed by atoms with E-state index < -0.39 is 10.0 Å². The van der Waals surface area contributed by atoms with Crippen LogP contribution in [-0.2, 0) is 14.8 Å². The van der Waals surface area contributed by atoms with Gasteiger partial charge in [-0.1, -0.05) is 11.6 Å². The SMILES string of the molecule is NNc1ncc(S(=O)(=O)N2CC3CCC(C2)O3)cc1Cl. The van der Waals surface area contributed by atoms with Gasteiger partial charge in [0, 0.05) is 19.3 Å². The topological polar surface area (TPSA) is 97.5 Å². The molecule has 0 amide bonds. The lowest BCUT2D eigenvalue weighted by molar-refractivity contribution is -0.0114. The summed E-state index contributed by atoms with van der Waals surface area (Å²) in [4.78, 5) is 3.98. The minimum absolute atomic E-state index is 0.00284. The molecule has 0 saturated carbocycles. The molecule has 2 unspecified atom stereocenters. The van der Waals surface area contributed by atoms with Crippen LogP contribution >= 0.6 is 11.6 Å². The number of rotatable bonds is 3. The van der Waals surface area contributed by atoms with Gasteiger partial charge < -0.3 is 10.2 Å². The first-order valence-corrected chi connectivity index (χ1v) is 8.10. The Bertz CT molecular complexity index is 612. The van der Waals surface area contributed by atoms with Crippen LogP contribution in [-0.4, -0.2) is 43.0 Å². The summed E-state index contributed by atoms with van der Waals surface area (Å²) in [7, 11) is -3.60. The number of pyridine rings is 1. The lowest BCUT2D eigenvalue weighted by Gasteiger charge is -2.31. The van der Waals surface area contributed by atoms with E-state index in [4.69, 9.17) is 22.2 Å². The highest BCUT2D eigenvalue weighted by atomic mass is 35.5. The molecule has 2 atom stereocenters. The molecule has 2 saturated heterocycles. The quantitative estimate of drug-likeness (QED) is 0.625. The third kappa shape index (κ3) is 2.38. The van der Waals surface area contributed by atoms with Gasteiger partial charge in [-0.05, 0) is 18.9 Å². The van der Waals surface area contributed by atoms with Gasteiger partial charge in [-0.3, -0.25) is 0 Å². The second-order valence-electron chi connectivity index (χ2n) is 4.93. The van der Waals surface area contributed by atoms with Gasteiger partial charge in [0.15, 0.2) is 5.82 Å². The molecule has 7 nitrogen and oxygen atoms in total. The molecule has 2 aliphatic heterocycles. The zero-order valence-electron chi connectivity index (χ0n) is 10.6. The van der Waals surface area contributed by atoms with Crippen molar-refractivity contribution in [1.29, 1.82) is 0 Å². The number of nitrogens with one attached hydrogen (secondary N) is 1. The Kier molecular flexibility index (Phi) is 3.59. The number of anilines is 1. The van der Waals surface area contributed by atoms with E-state index in [0.717, 1.165) is 12.8 Å². The van der Waals surface area contributed by atoms with Gasteiger partial charge in [-0.2, -0.15) is 4.31 Å². The predicted octanol–water partition coefficient (Wildman–Crippen LogP) is 0.573. The maximum Gasteiger partial charge on any atom is 0.244 e. The van der Waals surface area contributed by atoms with Gasteiger partial charge in [-0.15, -0.1) is 0 Å². The molecule has 9 heteroatoms. The average molecular weight is 319 g/mol. The average Bonchev–Trinajstić information content (AvgIpc) is 2.77. The maximum absolute atomic E-state index is 12.6. The first kappa shape index (κ1) is 14.0. The van der Waals surface area contributed by atoms with Gasteiger partial charge >= 0.3 is 0 Å². The van der Waals surface area contributed by atoms with Gasteiger partial charge in [0.25, 0.3) is 0 Å². The molecule has 3 rings (SSSR count). The summed E-state index contributed by atoms with van der Waals surface area (Å²) in [6.07, 6.45) is 3.07. The second kappa shape index (κ2) is 5.12. The summed E-state index contributed by atoms with van der Waals surface area (Å²) in [5.41, 5.74) is 2.31. The Hall–Kier alpha value is -0.930. The summed E-state index contributed by atoms with van der Waals surface area (Å²) < 4.78 is 32.2. The van der Waals surface area contributed by atoms with E-state index in [9.17, 15) is 8.42 Å². The number of aromatic nitrogens is 1. The van der Waals surface area contributed by atoms with Crippen LogP contribution in [0.2, 0.25) is 5.02 Å². The first-order valence-electron chi connectivity index (χ1n) is 6.28. The standard InChI is InChI=1S/C11H15ClN4O3S/c12-10-3-9(4-14-11(10)15-13)20(17,18)16-5-7-1-2-8(6-16)19-7/h3-4,7-8H,1-2,5-6,13H2,(H,14,15). The fourth-order valence-electron chi connectivity index (χ4n) is 2.59. The Morgan fingerprint density at radius 1 is 1.40 bits per heavy atom. The van der Waals surface area contributed by atoms with Crippen LogP contribution in [0.1, 0.15) is 12.8 Å². The summed E-state index contributed by atoms with van der Waals surface area (Å²) in [5.74, 6) is 5.47. The smallest absolute Gasteiger partial charge is 0.244 e. The van der Waals surface area contributed by atoms with Gasteiger partial charge in [0.2, 0.25) is 10.0 Å². The third-order valence-corrected chi connectivity index (χ3v) is 5.69.